The third-order valence-electron chi connectivity index (χ3n) is 6.61. The Labute approximate surface area is 191 Å². The number of fused-ring (bicyclic) bond motifs is 1. The van der Waals surface area contributed by atoms with Gasteiger partial charge in [-0.25, -0.2) is 0 Å². The van der Waals surface area contributed by atoms with Crippen molar-refractivity contribution in [1.29, 1.82) is 0 Å². The van der Waals surface area contributed by atoms with E-state index in [2.05, 4.69) is 28.0 Å². The first-order chi connectivity index (χ1) is 15.5. The number of amides is 1. The van der Waals surface area contributed by atoms with E-state index in [1.807, 2.05) is 43.0 Å². The van der Waals surface area contributed by atoms with Crippen molar-refractivity contribution in [2.45, 2.75) is 32.8 Å². The third kappa shape index (κ3) is 4.92. The first kappa shape index (κ1) is 22.6. The summed E-state index contributed by atoms with van der Waals surface area (Å²) < 4.78 is 5.25. The number of anilines is 2. The number of piperazine rings is 1. The summed E-state index contributed by atoms with van der Waals surface area (Å²) >= 11 is 0. The predicted molar refractivity (Wildman–Crippen MR) is 129 cm³/mol. The van der Waals surface area contributed by atoms with Gasteiger partial charge in [-0.2, -0.15) is 0 Å². The highest BCUT2D eigenvalue weighted by atomic mass is 16.5. The molecule has 1 saturated heterocycles. The van der Waals surface area contributed by atoms with Crippen LogP contribution in [0.2, 0.25) is 0 Å². The van der Waals surface area contributed by atoms with Gasteiger partial charge < -0.3 is 19.6 Å². The van der Waals surface area contributed by atoms with Gasteiger partial charge in [0.25, 0.3) is 0 Å². The first-order valence-corrected chi connectivity index (χ1v) is 11.7. The van der Waals surface area contributed by atoms with E-state index in [1.165, 1.54) is 11.3 Å². The van der Waals surface area contributed by atoms with Crippen molar-refractivity contribution < 1.29 is 14.6 Å². The molecule has 2 heterocycles. The van der Waals surface area contributed by atoms with Gasteiger partial charge in [0, 0.05) is 56.6 Å². The fraction of sp³-hybridized carbons (Fsp3) is 0.500. The average Bonchev–Trinajstić information content (AvgIpc) is 2.83. The van der Waals surface area contributed by atoms with E-state index >= 15 is 0 Å². The molecule has 1 atom stereocenters. The maximum atomic E-state index is 12.6. The molecule has 1 fully saturated rings. The number of nitrogens with zero attached hydrogens (tertiary/aromatic N) is 3. The highest BCUT2D eigenvalue weighted by Crippen LogP contribution is 2.31. The number of β-amino-alcohol motifs (C(OH)–C–C–N with tert-alkyl or cyclic N) is 1. The van der Waals surface area contributed by atoms with Crippen molar-refractivity contribution >= 4 is 17.3 Å². The highest BCUT2D eigenvalue weighted by molar-refractivity contribution is 5.95. The van der Waals surface area contributed by atoms with Gasteiger partial charge in [-0.15, -0.1) is 0 Å². The Kier molecular flexibility index (Phi) is 7.01. The van der Waals surface area contributed by atoms with Gasteiger partial charge in [0.2, 0.25) is 5.91 Å². The number of ether oxygens (including phenoxy) is 1. The van der Waals surface area contributed by atoms with Crippen LogP contribution in [0.3, 0.4) is 0 Å². The molecule has 0 aliphatic carbocycles. The summed E-state index contributed by atoms with van der Waals surface area (Å²) in [5, 5.41) is 10.9. The van der Waals surface area contributed by atoms with Crippen LogP contribution in [-0.2, 0) is 11.2 Å². The molecule has 0 radical (unpaired) electrons. The van der Waals surface area contributed by atoms with Crippen LogP contribution >= 0.6 is 0 Å². The Morgan fingerprint density at radius 3 is 2.41 bits per heavy atom. The molecule has 1 N–H and O–H groups in total. The molecule has 2 aliphatic rings. The van der Waals surface area contributed by atoms with Crippen molar-refractivity contribution in [1.82, 2.24) is 4.90 Å². The van der Waals surface area contributed by atoms with E-state index in [1.54, 1.807) is 7.11 Å². The number of aliphatic hydroxyl groups is 1. The van der Waals surface area contributed by atoms with E-state index in [0.717, 1.165) is 62.6 Å². The Balaban J connectivity index is 1.35. The molecule has 172 valence electrons. The second kappa shape index (κ2) is 9.92. The second-order valence-electron chi connectivity index (χ2n) is 9.14. The summed E-state index contributed by atoms with van der Waals surface area (Å²) in [5.41, 5.74) is 4.34. The molecule has 1 amide bonds. The van der Waals surface area contributed by atoms with Crippen molar-refractivity contribution in [2.24, 2.45) is 5.92 Å². The van der Waals surface area contributed by atoms with Crippen LogP contribution < -0.4 is 14.5 Å². The SMILES string of the molecule is COc1ccc(N2CCN(C[C@@H](O)c3ccc4c(c3)CCCN4C(=O)C(C)C)CC2)cc1. The number of carbonyl (C=O) groups excluding carboxylic acids is 1. The second-order valence-corrected chi connectivity index (χ2v) is 9.14. The average molecular weight is 438 g/mol. The van der Waals surface area contributed by atoms with Crippen LogP contribution in [0.15, 0.2) is 42.5 Å². The van der Waals surface area contributed by atoms with Gasteiger partial charge in [-0.3, -0.25) is 9.69 Å². The molecule has 2 aromatic rings. The molecule has 0 aromatic heterocycles. The predicted octanol–water partition coefficient (Wildman–Crippen LogP) is 3.49. The molecule has 0 unspecified atom stereocenters. The van der Waals surface area contributed by atoms with Crippen molar-refractivity contribution in [3.05, 3.63) is 53.6 Å². The number of methoxy groups -OCH3 is 1. The fourth-order valence-corrected chi connectivity index (χ4v) is 4.70. The molecule has 0 bridgehead atoms. The monoisotopic (exact) mass is 437 g/mol. The van der Waals surface area contributed by atoms with E-state index in [4.69, 9.17) is 4.74 Å². The maximum absolute atomic E-state index is 12.6. The lowest BCUT2D eigenvalue weighted by Crippen LogP contribution is -2.47. The quantitative estimate of drug-likeness (QED) is 0.750. The molecule has 0 saturated carbocycles. The zero-order valence-corrected chi connectivity index (χ0v) is 19.5. The molecule has 4 rings (SSSR count). The van der Waals surface area contributed by atoms with Crippen LogP contribution in [-0.4, -0.2) is 62.3 Å². The molecule has 6 nitrogen and oxygen atoms in total. The van der Waals surface area contributed by atoms with E-state index in [0.29, 0.717) is 6.54 Å². The number of rotatable bonds is 6. The summed E-state index contributed by atoms with van der Waals surface area (Å²) in [6.07, 6.45) is 1.40. The van der Waals surface area contributed by atoms with Gasteiger partial charge in [-0.1, -0.05) is 26.0 Å². The van der Waals surface area contributed by atoms with Crippen LogP contribution in [0.1, 0.15) is 37.5 Å². The number of aliphatic hydroxyl groups excluding tert-OH is 1. The zero-order chi connectivity index (χ0) is 22.7. The topological polar surface area (TPSA) is 56.2 Å². The molecule has 6 heteroatoms. The zero-order valence-electron chi connectivity index (χ0n) is 19.5. The number of carbonyl (C=O) groups is 1. The van der Waals surface area contributed by atoms with Crippen LogP contribution in [0.25, 0.3) is 0 Å². The highest BCUT2D eigenvalue weighted by Gasteiger charge is 2.26. The van der Waals surface area contributed by atoms with Crippen LogP contribution in [0, 0.1) is 5.92 Å². The van der Waals surface area contributed by atoms with Crippen LogP contribution in [0.5, 0.6) is 5.75 Å². The van der Waals surface area contributed by atoms with Gasteiger partial charge in [-0.05, 0) is 54.3 Å². The lowest BCUT2D eigenvalue weighted by molar-refractivity contribution is -0.121. The summed E-state index contributed by atoms with van der Waals surface area (Å²) in [6, 6.07) is 14.3. The minimum Gasteiger partial charge on any atom is -0.497 e. The molecule has 0 spiro atoms. The summed E-state index contributed by atoms with van der Waals surface area (Å²) in [5.74, 6) is 1.04. The summed E-state index contributed by atoms with van der Waals surface area (Å²) in [7, 11) is 1.68. The number of benzene rings is 2. The van der Waals surface area contributed by atoms with Crippen molar-refractivity contribution in [3.63, 3.8) is 0 Å². The minimum atomic E-state index is -0.524. The van der Waals surface area contributed by atoms with Gasteiger partial charge in [0.1, 0.15) is 5.75 Å². The van der Waals surface area contributed by atoms with Gasteiger partial charge in [0.15, 0.2) is 0 Å². The lowest BCUT2D eigenvalue weighted by atomic mass is 9.96. The summed E-state index contributed by atoms with van der Waals surface area (Å²) in [6.45, 7) is 9.03. The largest absolute Gasteiger partial charge is 0.497 e. The Bertz CT molecular complexity index is 920. The third-order valence-corrected chi connectivity index (χ3v) is 6.61. The molecular weight excluding hydrogens is 402 g/mol. The minimum absolute atomic E-state index is 0.0113. The van der Waals surface area contributed by atoms with Gasteiger partial charge >= 0.3 is 0 Å². The van der Waals surface area contributed by atoms with Crippen molar-refractivity contribution in [2.75, 3.05) is 56.2 Å². The Hall–Kier alpha value is -2.57. The molecular formula is C26H35N3O3. The Morgan fingerprint density at radius 1 is 1.03 bits per heavy atom. The van der Waals surface area contributed by atoms with E-state index < -0.39 is 6.10 Å². The summed E-state index contributed by atoms with van der Waals surface area (Å²) in [4.78, 5) is 19.2. The number of aryl methyl sites for hydroxylation is 1. The molecule has 2 aromatic carbocycles. The standard InChI is InChI=1S/C26H35N3O3/c1-19(2)26(31)29-12-4-5-20-17-21(6-11-24(20)29)25(30)18-27-13-15-28(16-14-27)22-7-9-23(32-3)10-8-22/h6-11,17,19,25,30H,4-5,12-16,18H2,1-3H3/t25-/m1/s1. The smallest absolute Gasteiger partial charge is 0.229 e. The normalized spacial score (nSPS) is 17.9. The van der Waals surface area contributed by atoms with E-state index in [9.17, 15) is 9.90 Å². The fourth-order valence-electron chi connectivity index (χ4n) is 4.70. The Morgan fingerprint density at radius 2 is 1.75 bits per heavy atom. The molecule has 32 heavy (non-hydrogen) atoms. The van der Waals surface area contributed by atoms with Crippen molar-refractivity contribution in [3.8, 4) is 5.75 Å². The van der Waals surface area contributed by atoms with Gasteiger partial charge in [0.05, 0.1) is 13.2 Å². The first-order valence-electron chi connectivity index (χ1n) is 11.7. The van der Waals surface area contributed by atoms with E-state index in [-0.39, 0.29) is 11.8 Å². The molecule has 2 aliphatic heterocycles. The number of hydrogen-bond acceptors (Lipinski definition) is 5. The maximum Gasteiger partial charge on any atom is 0.229 e. The van der Waals surface area contributed by atoms with Crippen LogP contribution in [0.4, 0.5) is 11.4 Å². The lowest BCUT2D eigenvalue weighted by Gasteiger charge is -2.37. The number of hydrogen-bond donors (Lipinski definition) is 1.